The lowest BCUT2D eigenvalue weighted by Gasteiger charge is -2.36. The first-order valence-electron chi connectivity index (χ1n) is 7.43. The zero-order chi connectivity index (χ0) is 13.9. The first-order chi connectivity index (χ1) is 9.05. The van der Waals surface area contributed by atoms with Crippen molar-refractivity contribution < 1.29 is 8.42 Å². The molecule has 1 aliphatic carbocycles. The van der Waals surface area contributed by atoms with E-state index < -0.39 is 10.2 Å². The van der Waals surface area contributed by atoms with Gasteiger partial charge in [-0.25, -0.2) is 0 Å². The third-order valence-electron chi connectivity index (χ3n) is 4.50. The molecule has 0 bridgehead atoms. The highest BCUT2D eigenvalue weighted by molar-refractivity contribution is 7.86. The molecule has 2 rings (SSSR count). The number of hydrogen-bond acceptors (Lipinski definition) is 3. The molecule has 1 heterocycles. The Kier molecular flexibility index (Phi) is 5.22. The van der Waals surface area contributed by atoms with Crippen LogP contribution in [0.3, 0.4) is 0 Å². The molecule has 19 heavy (non-hydrogen) atoms. The lowest BCUT2D eigenvalue weighted by atomic mass is 10.00. The maximum absolute atomic E-state index is 12.7. The van der Waals surface area contributed by atoms with E-state index in [0.29, 0.717) is 19.0 Å². The van der Waals surface area contributed by atoms with Crippen LogP contribution in [0.5, 0.6) is 0 Å². The molecule has 0 spiro atoms. The summed E-state index contributed by atoms with van der Waals surface area (Å²) in [5.41, 5.74) is 0. The van der Waals surface area contributed by atoms with Crippen LogP contribution >= 0.6 is 0 Å². The molecule has 1 atom stereocenters. The number of rotatable bonds is 5. The van der Waals surface area contributed by atoms with E-state index in [1.165, 1.54) is 0 Å². The van der Waals surface area contributed by atoms with Crippen molar-refractivity contribution in [2.45, 2.75) is 44.6 Å². The average molecular weight is 289 g/mol. The van der Waals surface area contributed by atoms with Crippen LogP contribution in [0.1, 0.15) is 38.5 Å². The molecular weight excluding hydrogens is 262 g/mol. The minimum absolute atomic E-state index is 0.217. The fourth-order valence-corrected chi connectivity index (χ4v) is 5.04. The van der Waals surface area contributed by atoms with Crippen molar-refractivity contribution in [2.75, 3.05) is 33.7 Å². The fourth-order valence-electron chi connectivity index (χ4n) is 3.33. The van der Waals surface area contributed by atoms with Gasteiger partial charge in [-0.3, -0.25) is 0 Å². The van der Waals surface area contributed by atoms with E-state index in [1.807, 2.05) is 7.05 Å². The Bertz CT molecular complexity index is 377. The van der Waals surface area contributed by atoms with Gasteiger partial charge in [-0.2, -0.15) is 17.0 Å². The summed E-state index contributed by atoms with van der Waals surface area (Å²) in [5.74, 6) is 0.450. The van der Waals surface area contributed by atoms with Crippen LogP contribution < -0.4 is 5.32 Å². The summed E-state index contributed by atoms with van der Waals surface area (Å²) >= 11 is 0. The topological polar surface area (TPSA) is 52.7 Å². The SMILES string of the molecule is CNCC1CCCN(S(=O)(=O)N(C)C2CCCC2)C1. The third kappa shape index (κ3) is 3.48. The van der Waals surface area contributed by atoms with Crippen molar-refractivity contribution >= 4 is 10.2 Å². The quantitative estimate of drug-likeness (QED) is 0.823. The summed E-state index contributed by atoms with van der Waals surface area (Å²) < 4.78 is 28.6. The van der Waals surface area contributed by atoms with E-state index in [9.17, 15) is 8.42 Å². The van der Waals surface area contributed by atoms with Crippen LogP contribution in [0, 0.1) is 5.92 Å². The molecule has 0 aromatic carbocycles. The zero-order valence-electron chi connectivity index (χ0n) is 12.1. The summed E-state index contributed by atoms with van der Waals surface area (Å²) in [6.45, 7) is 2.25. The Balaban J connectivity index is 2.01. The highest BCUT2D eigenvalue weighted by Gasteiger charge is 2.35. The highest BCUT2D eigenvalue weighted by atomic mass is 32.2. The monoisotopic (exact) mass is 289 g/mol. The van der Waals surface area contributed by atoms with Gasteiger partial charge in [-0.05, 0) is 45.2 Å². The molecule has 2 fully saturated rings. The fraction of sp³-hybridized carbons (Fsp3) is 1.00. The van der Waals surface area contributed by atoms with Crippen LogP contribution in [0.4, 0.5) is 0 Å². The summed E-state index contributed by atoms with van der Waals surface area (Å²) in [4.78, 5) is 0. The number of nitrogens with zero attached hydrogens (tertiary/aromatic N) is 2. The van der Waals surface area contributed by atoms with Gasteiger partial charge in [0, 0.05) is 26.2 Å². The van der Waals surface area contributed by atoms with Gasteiger partial charge in [-0.15, -0.1) is 0 Å². The molecule has 1 N–H and O–H groups in total. The average Bonchev–Trinajstić information content (AvgIpc) is 2.92. The smallest absolute Gasteiger partial charge is 0.281 e. The molecule has 1 saturated carbocycles. The van der Waals surface area contributed by atoms with E-state index in [1.54, 1.807) is 15.7 Å². The maximum Gasteiger partial charge on any atom is 0.281 e. The third-order valence-corrected chi connectivity index (χ3v) is 6.51. The van der Waals surface area contributed by atoms with E-state index in [2.05, 4.69) is 5.32 Å². The van der Waals surface area contributed by atoms with Crippen LogP contribution in [0.15, 0.2) is 0 Å². The zero-order valence-corrected chi connectivity index (χ0v) is 13.0. The van der Waals surface area contributed by atoms with Gasteiger partial charge in [-0.1, -0.05) is 12.8 Å². The van der Waals surface area contributed by atoms with Gasteiger partial charge in [0.25, 0.3) is 10.2 Å². The minimum atomic E-state index is -3.26. The standard InChI is InChI=1S/C13H27N3O2S/c1-14-10-12-6-5-9-16(11-12)19(17,18)15(2)13-7-3-4-8-13/h12-14H,3-11H2,1-2H3. The van der Waals surface area contributed by atoms with E-state index in [-0.39, 0.29) is 6.04 Å². The maximum atomic E-state index is 12.7. The number of hydrogen-bond donors (Lipinski definition) is 1. The first kappa shape index (κ1) is 15.2. The van der Waals surface area contributed by atoms with Gasteiger partial charge in [0.2, 0.25) is 0 Å². The van der Waals surface area contributed by atoms with Gasteiger partial charge in [0.05, 0.1) is 0 Å². The highest BCUT2D eigenvalue weighted by Crippen LogP contribution is 2.27. The summed E-state index contributed by atoms with van der Waals surface area (Å²) in [5, 5.41) is 3.16. The summed E-state index contributed by atoms with van der Waals surface area (Å²) in [6.07, 6.45) is 6.46. The normalized spacial score (nSPS) is 27.2. The Morgan fingerprint density at radius 3 is 2.53 bits per heavy atom. The molecule has 0 aromatic heterocycles. The molecule has 0 amide bonds. The van der Waals surface area contributed by atoms with Gasteiger partial charge in [0.15, 0.2) is 0 Å². The largest absolute Gasteiger partial charge is 0.319 e. The van der Waals surface area contributed by atoms with Crippen molar-refractivity contribution in [1.82, 2.24) is 13.9 Å². The van der Waals surface area contributed by atoms with Crippen molar-refractivity contribution in [3.05, 3.63) is 0 Å². The van der Waals surface area contributed by atoms with Crippen LogP contribution in [-0.4, -0.2) is 56.8 Å². The van der Waals surface area contributed by atoms with Crippen molar-refractivity contribution in [1.29, 1.82) is 0 Å². The van der Waals surface area contributed by atoms with Crippen LogP contribution in [-0.2, 0) is 10.2 Å². The molecule has 1 saturated heterocycles. The summed E-state index contributed by atoms with van der Waals surface area (Å²) in [6, 6.07) is 0.217. The Morgan fingerprint density at radius 1 is 1.21 bits per heavy atom. The first-order valence-corrected chi connectivity index (χ1v) is 8.83. The number of piperidine rings is 1. The van der Waals surface area contributed by atoms with Crippen molar-refractivity contribution in [3.8, 4) is 0 Å². The van der Waals surface area contributed by atoms with Crippen LogP contribution in [0.2, 0.25) is 0 Å². The Labute approximate surface area is 117 Å². The predicted octanol–water partition coefficient (Wildman–Crippen LogP) is 1.04. The Hall–Kier alpha value is -0.170. The second kappa shape index (κ2) is 6.52. The molecule has 1 aliphatic heterocycles. The van der Waals surface area contributed by atoms with E-state index >= 15 is 0 Å². The van der Waals surface area contributed by atoms with Gasteiger partial charge >= 0.3 is 0 Å². The summed E-state index contributed by atoms with van der Waals surface area (Å²) in [7, 11) is 0.428. The molecule has 0 aromatic rings. The predicted molar refractivity (Wildman–Crippen MR) is 77.2 cm³/mol. The van der Waals surface area contributed by atoms with Crippen molar-refractivity contribution in [3.63, 3.8) is 0 Å². The lowest BCUT2D eigenvalue weighted by Crippen LogP contribution is -2.50. The Morgan fingerprint density at radius 2 is 1.89 bits per heavy atom. The van der Waals surface area contributed by atoms with Crippen molar-refractivity contribution in [2.24, 2.45) is 5.92 Å². The molecule has 5 nitrogen and oxygen atoms in total. The molecule has 0 radical (unpaired) electrons. The van der Waals surface area contributed by atoms with Gasteiger partial charge in [0.1, 0.15) is 0 Å². The van der Waals surface area contributed by atoms with E-state index in [0.717, 1.165) is 45.1 Å². The molecular formula is C13H27N3O2S. The second-order valence-corrected chi connectivity index (χ2v) is 7.87. The molecule has 1 unspecified atom stereocenters. The molecule has 112 valence electrons. The van der Waals surface area contributed by atoms with Gasteiger partial charge < -0.3 is 5.32 Å². The molecule has 2 aliphatic rings. The minimum Gasteiger partial charge on any atom is -0.319 e. The lowest BCUT2D eigenvalue weighted by molar-refractivity contribution is 0.239. The second-order valence-electron chi connectivity index (χ2n) is 5.89. The van der Waals surface area contributed by atoms with Crippen LogP contribution in [0.25, 0.3) is 0 Å². The van der Waals surface area contributed by atoms with E-state index in [4.69, 9.17) is 0 Å². The molecule has 6 heteroatoms. The number of nitrogens with one attached hydrogen (secondary N) is 1.